The molecule has 0 saturated carbocycles. The first-order valence-electron chi connectivity index (χ1n) is 8.03. The number of aromatic nitrogens is 2. The molecule has 4 nitrogen and oxygen atoms in total. The highest BCUT2D eigenvalue weighted by atomic mass is 15.3. The Kier molecular flexibility index (Phi) is 4.39. The molecule has 1 aliphatic heterocycles. The number of hydrogen-bond acceptors (Lipinski definition) is 4. The van der Waals surface area contributed by atoms with Gasteiger partial charge in [-0.3, -0.25) is 0 Å². The SMILES string of the molecule is Cc1ccc(-c2ccc(N3CCC(CN)CC3)nn2)c(C)c1. The molecule has 3 rings (SSSR count). The Morgan fingerprint density at radius 1 is 1.09 bits per heavy atom. The maximum atomic E-state index is 5.75. The summed E-state index contributed by atoms with van der Waals surface area (Å²) < 4.78 is 0. The zero-order valence-corrected chi connectivity index (χ0v) is 13.4. The van der Waals surface area contributed by atoms with Crippen molar-refractivity contribution in [1.82, 2.24) is 10.2 Å². The average Bonchev–Trinajstić information content (AvgIpc) is 2.55. The summed E-state index contributed by atoms with van der Waals surface area (Å²) in [6.45, 7) is 7.08. The maximum Gasteiger partial charge on any atom is 0.151 e. The molecular formula is C18H24N4. The van der Waals surface area contributed by atoms with Crippen molar-refractivity contribution in [1.29, 1.82) is 0 Å². The minimum atomic E-state index is 0.665. The summed E-state index contributed by atoms with van der Waals surface area (Å²) in [5.74, 6) is 1.64. The Morgan fingerprint density at radius 2 is 1.86 bits per heavy atom. The van der Waals surface area contributed by atoms with E-state index in [4.69, 9.17) is 5.73 Å². The van der Waals surface area contributed by atoms with Gasteiger partial charge in [0.1, 0.15) is 0 Å². The average molecular weight is 296 g/mol. The molecule has 0 atom stereocenters. The predicted molar refractivity (Wildman–Crippen MR) is 90.9 cm³/mol. The van der Waals surface area contributed by atoms with Crippen LogP contribution in [0.4, 0.5) is 5.82 Å². The summed E-state index contributed by atoms with van der Waals surface area (Å²) in [6.07, 6.45) is 2.30. The van der Waals surface area contributed by atoms with Crippen molar-refractivity contribution in [2.24, 2.45) is 11.7 Å². The third kappa shape index (κ3) is 3.12. The summed E-state index contributed by atoms with van der Waals surface area (Å²) in [7, 11) is 0. The highest BCUT2D eigenvalue weighted by molar-refractivity contribution is 5.64. The van der Waals surface area contributed by atoms with Crippen LogP contribution in [-0.4, -0.2) is 29.8 Å². The second-order valence-corrected chi connectivity index (χ2v) is 6.26. The number of piperidine rings is 1. The van der Waals surface area contributed by atoms with Gasteiger partial charge in [0.25, 0.3) is 0 Å². The molecular weight excluding hydrogens is 272 g/mol. The van der Waals surface area contributed by atoms with Crippen LogP contribution in [-0.2, 0) is 0 Å². The van der Waals surface area contributed by atoms with Gasteiger partial charge < -0.3 is 10.6 Å². The monoisotopic (exact) mass is 296 g/mol. The van der Waals surface area contributed by atoms with Gasteiger partial charge in [0, 0.05) is 18.7 Å². The van der Waals surface area contributed by atoms with Crippen LogP contribution < -0.4 is 10.6 Å². The molecule has 2 N–H and O–H groups in total. The van der Waals surface area contributed by atoms with Crippen LogP contribution >= 0.6 is 0 Å². The normalized spacial score (nSPS) is 16.0. The summed E-state index contributed by atoms with van der Waals surface area (Å²) in [6, 6.07) is 10.6. The molecule has 0 spiro atoms. The van der Waals surface area contributed by atoms with Crippen molar-refractivity contribution in [2.45, 2.75) is 26.7 Å². The number of aryl methyl sites for hydroxylation is 2. The lowest BCUT2D eigenvalue weighted by atomic mass is 9.97. The Bertz CT molecular complexity index is 628. The van der Waals surface area contributed by atoms with Crippen LogP contribution in [0.3, 0.4) is 0 Å². The number of nitrogens with two attached hydrogens (primary N) is 1. The Morgan fingerprint density at radius 3 is 2.45 bits per heavy atom. The third-order valence-electron chi connectivity index (χ3n) is 4.58. The minimum absolute atomic E-state index is 0.665. The van der Waals surface area contributed by atoms with E-state index in [9.17, 15) is 0 Å². The number of anilines is 1. The molecule has 22 heavy (non-hydrogen) atoms. The Hall–Kier alpha value is -1.94. The van der Waals surface area contributed by atoms with Gasteiger partial charge in [-0.2, -0.15) is 0 Å². The van der Waals surface area contributed by atoms with Crippen LogP contribution in [0.2, 0.25) is 0 Å². The molecule has 2 heterocycles. The standard InChI is InChI=1S/C18H24N4/c1-13-3-4-16(14(2)11-13)17-5-6-18(21-20-17)22-9-7-15(12-19)8-10-22/h3-6,11,15H,7-10,12,19H2,1-2H3. The van der Waals surface area contributed by atoms with E-state index in [2.05, 4.69) is 59.3 Å². The van der Waals surface area contributed by atoms with Gasteiger partial charge in [-0.15, -0.1) is 10.2 Å². The number of nitrogens with zero attached hydrogens (tertiary/aromatic N) is 3. The summed E-state index contributed by atoms with van der Waals surface area (Å²) >= 11 is 0. The fourth-order valence-corrected chi connectivity index (χ4v) is 3.14. The van der Waals surface area contributed by atoms with E-state index in [1.807, 2.05) is 0 Å². The van der Waals surface area contributed by atoms with Crippen molar-refractivity contribution >= 4 is 5.82 Å². The third-order valence-corrected chi connectivity index (χ3v) is 4.58. The molecule has 116 valence electrons. The summed E-state index contributed by atoms with van der Waals surface area (Å²) in [4.78, 5) is 2.31. The highest BCUT2D eigenvalue weighted by Crippen LogP contribution is 2.25. The lowest BCUT2D eigenvalue weighted by Crippen LogP contribution is -2.36. The molecule has 0 radical (unpaired) electrons. The second-order valence-electron chi connectivity index (χ2n) is 6.26. The molecule has 1 fully saturated rings. The second kappa shape index (κ2) is 6.44. The lowest BCUT2D eigenvalue weighted by molar-refractivity contribution is 0.412. The highest BCUT2D eigenvalue weighted by Gasteiger charge is 2.19. The first kappa shape index (κ1) is 15.0. The molecule has 0 bridgehead atoms. The fourth-order valence-electron chi connectivity index (χ4n) is 3.14. The van der Waals surface area contributed by atoms with Crippen molar-refractivity contribution in [2.75, 3.05) is 24.5 Å². The van der Waals surface area contributed by atoms with Crippen LogP contribution in [0.15, 0.2) is 30.3 Å². The molecule has 0 aliphatic carbocycles. The fraction of sp³-hybridized carbons (Fsp3) is 0.444. The van der Waals surface area contributed by atoms with Crippen molar-refractivity contribution in [3.63, 3.8) is 0 Å². The molecule has 0 amide bonds. The van der Waals surface area contributed by atoms with Crippen LogP contribution in [0.25, 0.3) is 11.3 Å². The largest absolute Gasteiger partial charge is 0.355 e. The molecule has 1 saturated heterocycles. The predicted octanol–water partition coefficient (Wildman–Crippen LogP) is 2.94. The van der Waals surface area contributed by atoms with E-state index >= 15 is 0 Å². The molecule has 2 aromatic rings. The first-order valence-corrected chi connectivity index (χ1v) is 8.03. The van der Waals surface area contributed by atoms with Crippen LogP contribution in [0.1, 0.15) is 24.0 Å². The van der Waals surface area contributed by atoms with Gasteiger partial charge in [-0.05, 0) is 56.8 Å². The van der Waals surface area contributed by atoms with Gasteiger partial charge in [0.15, 0.2) is 5.82 Å². The van der Waals surface area contributed by atoms with E-state index in [1.54, 1.807) is 0 Å². The smallest absolute Gasteiger partial charge is 0.151 e. The molecule has 4 heteroatoms. The van der Waals surface area contributed by atoms with E-state index < -0.39 is 0 Å². The number of benzene rings is 1. The van der Waals surface area contributed by atoms with E-state index in [0.29, 0.717) is 5.92 Å². The molecule has 1 aliphatic rings. The zero-order valence-electron chi connectivity index (χ0n) is 13.4. The number of hydrogen-bond donors (Lipinski definition) is 1. The number of rotatable bonds is 3. The van der Waals surface area contributed by atoms with Gasteiger partial charge in [-0.1, -0.05) is 23.8 Å². The summed E-state index contributed by atoms with van der Waals surface area (Å²) in [5, 5.41) is 8.88. The minimum Gasteiger partial charge on any atom is -0.355 e. The van der Waals surface area contributed by atoms with E-state index in [-0.39, 0.29) is 0 Å². The molecule has 1 aromatic heterocycles. The Balaban J connectivity index is 1.75. The van der Waals surface area contributed by atoms with Gasteiger partial charge in [-0.25, -0.2) is 0 Å². The molecule has 1 aromatic carbocycles. The summed E-state index contributed by atoms with van der Waals surface area (Å²) in [5.41, 5.74) is 10.4. The van der Waals surface area contributed by atoms with E-state index in [1.165, 1.54) is 11.1 Å². The topological polar surface area (TPSA) is 55.0 Å². The van der Waals surface area contributed by atoms with Crippen LogP contribution in [0.5, 0.6) is 0 Å². The zero-order chi connectivity index (χ0) is 15.5. The Labute approximate surface area is 132 Å². The van der Waals surface area contributed by atoms with Crippen LogP contribution in [0, 0.1) is 19.8 Å². The quantitative estimate of drug-likeness (QED) is 0.946. The van der Waals surface area contributed by atoms with Gasteiger partial charge in [0.05, 0.1) is 5.69 Å². The van der Waals surface area contributed by atoms with Crippen molar-refractivity contribution in [3.8, 4) is 11.3 Å². The van der Waals surface area contributed by atoms with E-state index in [0.717, 1.165) is 49.6 Å². The maximum absolute atomic E-state index is 5.75. The lowest BCUT2D eigenvalue weighted by Gasteiger charge is -2.31. The van der Waals surface area contributed by atoms with Gasteiger partial charge >= 0.3 is 0 Å². The van der Waals surface area contributed by atoms with Crippen molar-refractivity contribution in [3.05, 3.63) is 41.5 Å². The van der Waals surface area contributed by atoms with Gasteiger partial charge in [0.2, 0.25) is 0 Å². The molecule has 0 unspecified atom stereocenters. The first-order chi connectivity index (χ1) is 10.7. The van der Waals surface area contributed by atoms with Crippen molar-refractivity contribution < 1.29 is 0 Å².